The lowest BCUT2D eigenvalue weighted by Crippen LogP contribution is -2.40. The number of rotatable bonds is 4. The lowest BCUT2D eigenvalue weighted by Gasteiger charge is -2.25. The van der Waals surface area contributed by atoms with Crippen molar-refractivity contribution in [1.29, 1.82) is 0 Å². The summed E-state index contributed by atoms with van der Waals surface area (Å²) in [6.07, 6.45) is 1.77. The summed E-state index contributed by atoms with van der Waals surface area (Å²) in [5.41, 5.74) is 0.526. The summed E-state index contributed by atoms with van der Waals surface area (Å²) in [7, 11) is -3.48. The van der Waals surface area contributed by atoms with Gasteiger partial charge in [-0.2, -0.15) is 9.29 Å². The van der Waals surface area contributed by atoms with Gasteiger partial charge in [-0.1, -0.05) is 5.16 Å². The highest BCUT2D eigenvalue weighted by molar-refractivity contribution is 7.91. The van der Waals surface area contributed by atoms with Crippen molar-refractivity contribution < 1.29 is 22.5 Å². The van der Waals surface area contributed by atoms with Crippen LogP contribution in [-0.2, 0) is 14.8 Å². The van der Waals surface area contributed by atoms with Crippen LogP contribution in [0.25, 0.3) is 11.4 Å². The molecule has 2 saturated heterocycles. The Morgan fingerprint density at radius 1 is 1.15 bits per heavy atom. The van der Waals surface area contributed by atoms with Gasteiger partial charge in [0.05, 0.1) is 13.2 Å². The fourth-order valence-electron chi connectivity index (χ4n) is 2.95. The molecule has 2 aromatic rings. The predicted octanol–water partition coefficient (Wildman–Crippen LogP) is 1.05. The molecule has 26 heavy (non-hydrogen) atoms. The minimum Gasteiger partial charge on any atom is -0.378 e. The van der Waals surface area contributed by atoms with Crippen molar-refractivity contribution >= 4 is 27.3 Å². The standard InChI is InChI=1S/C15H18N4O5S2/c20-15(18-5-7-23-8-6-18)14-16-13(17-24-14)11-9-12(25-10-11)26(21,22)19-3-1-2-4-19/h9-10H,1-8H2. The summed E-state index contributed by atoms with van der Waals surface area (Å²) < 4.78 is 37.2. The molecule has 9 nitrogen and oxygen atoms in total. The maximum Gasteiger partial charge on any atom is 0.316 e. The van der Waals surface area contributed by atoms with E-state index in [1.165, 1.54) is 10.4 Å². The molecule has 0 unspecified atom stereocenters. The van der Waals surface area contributed by atoms with E-state index in [0.717, 1.165) is 24.2 Å². The number of carbonyl (C=O) groups excluding carboxylic acids is 1. The largest absolute Gasteiger partial charge is 0.378 e. The van der Waals surface area contributed by atoms with Crippen LogP contribution in [0.3, 0.4) is 0 Å². The van der Waals surface area contributed by atoms with Gasteiger partial charge in [-0.05, 0) is 18.9 Å². The van der Waals surface area contributed by atoms with Crippen LogP contribution in [0.1, 0.15) is 23.5 Å². The molecule has 4 heterocycles. The minimum atomic E-state index is -3.48. The summed E-state index contributed by atoms with van der Waals surface area (Å²) in [6, 6.07) is 1.53. The van der Waals surface area contributed by atoms with E-state index in [4.69, 9.17) is 9.26 Å². The van der Waals surface area contributed by atoms with Gasteiger partial charge in [0.25, 0.3) is 10.0 Å². The molecule has 2 fully saturated rings. The number of nitrogens with zero attached hydrogens (tertiary/aromatic N) is 4. The van der Waals surface area contributed by atoms with E-state index in [0.29, 0.717) is 45.0 Å². The van der Waals surface area contributed by atoms with E-state index in [-0.39, 0.29) is 21.8 Å². The Morgan fingerprint density at radius 2 is 1.88 bits per heavy atom. The Kier molecular flexibility index (Phi) is 4.78. The molecule has 0 N–H and O–H groups in total. The highest BCUT2D eigenvalue weighted by Gasteiger charge is 2.30. The molecule has 4 rings (SSSR count). The second-order valence-corrected chi connectivity index (χ2v) is 9.17. The molecule has 0 atom stereocenters. The van der Waals surface area contributed by atoms with Gasteiger partial charge >= 0.3 is 11.8 Å². The fourth-order valence-corrected chi connectivity index (χ4v) is 5.78. The average Bonchev–Trinajstić information content (AvgIpc) is 3.42. The van der Waals surface area contributed by atoms with Gasteiger partial charge in [-0.15, -0.1) is 11.3 Å². The summed E-state index contributed by atoms with van der Waals surface area (Å²) in [5.74, 6) is -0.232. The smallest absolute Gasteiger partial charge is 0.316 e. The number of thiophene rings is 1. The van der Waals surface area contributed by atoms with Crippen LogP contribution in [0.15, 0.2) is 20.2 Å². The van der Waals surface area contributed by atoms with Crippen molar-refractivity contribution in [2.75, 3.05) is 39.4 Å². The molecule has 0 bridgehead atoms. The molecule has 1 amide bonds. The van der Waals surface area contributed by atoms with Gasteiger partial charge in [0, 0.05) is 37.1 Å². The Morgan fingerprint density at radius 3 is 2.62 bits per heavy atom. The van der Waals surface area contributed by atoms with Crippen molar-refractivity contribution in [2.45, 2.75) is 17.1 Å². The Balaban J connectivity index is 1.53. The quantitative estimate of drug-likeness (QED) is 0.758. The molecule has 140 valence electrons. The summed E-state index contributed by atoms with van der Waals surface area (Å²) in [4.78, 5) is 18.1. The van der Waals surface area contributed by atoms with Crippen molar-refractivity contribution in [3.63, 3.8) is 0 Å². The molecule has 0 radical (unpaired) electrons. The van der Waals surface area contributed by atoms with Crippen LogP contribution in [0.4, 0.5) is 0 Å². The number of amides is 1. The first-order valence-electron chi connectivity index (χ1n) is 8.35. The molecule has 0 aliphatic carbocycles. The topological polar surface area (TPSA) is 106 Å². The third-order valence-corrected chi connectivity index (χ3v) is 7.71. The number of morpholine rings is 1. The van der Waals surface area contributed by atoms with Gasteiger partial charge in [0.15, 0.2) is 0 Å². The Bertz CT molecular complexity index is 895. The van der Waals surface area contributed by atoms with Crippen LogP contribution in [-0.4, -0.2) is 73.1 Å². The molecule has 2 aliphatic rings. The van der Waals surface area contributed by atoms with Crippen LogP contribution in [0, 0.1) is 0 Å². The van der Waals surface area contributed by atoms with E-state index in [1.54, 1.807) is 10.3 Å². The van der Waals surface area contributed by atoms with Gasteiger partial charge in [-0.3, -0.25) is 4.79 Å². The Hall–Kier alpha value is -1.82. The molecule has 11 heteroatoms. The van der Waals surface area contributed by atoms with E-state index in [9.17, 15) is 13.2 Å². The normalized spacial score (nSPS) is 19.2. The zero-order valence-electron chi connectivity index (χ0n) is 14.0. The predicted molar refractivity (Wildman–Crippen MR) is 92.3 cm³/mol. The first kappa shape index (κ1) is 17.6. The number of carbonyl (C=O) groups is 1. The van der Waals surface area contributed by atoms with Crippen molar-refractivity contribution in [3.8, 4) is 11.4 Å². The average molecular weight is 398 g/mol. The third-order valence-electron chi connectivity index (χ3n) is 4.40. The summed E-state index contributed by atoms with van der Waals surface area (Å²) in [6.45, 7) is 3.02. The number of hydrogen-bond acceptors (Lipinski definition) is 8. The number of aromatic nitrogens is 2. The number of hydrogen-bond donors (Lipinski definition) is 0. The maximum atomic E-state index is 12.6. The van der Waals surface area contributed by atoms with Crippen LogP contribution in [0.2, 0.25) is 0 Å². The third kappa shape index (κ3) is 3.27. The molecule has 0 aromatic carbocycles. The Labute approximate surface area is 154 Å². The summed E-state index contributed by atoms with van der Waals surface area (Å²) in [5, 5.41) is 5.49. The zero-order chi connectivity index (χ0) is 18.1. The number of ether oxygens (including phenoxy) is 1. The maximum absolute atomic E-state index is 12.6. The second-order valence-electron chi connectivity index (χ2n) is 6.09. The number of sulfonamides is 1. The molecule has 2 aliphatic heterocycles. The molecular weight excluding hydrogens is 380 g/mol. The molecule has 0 saturated carbocycles. The SMILES string of the molecule is O=C(c1nc(-c2csc(S(=O)(=O)N3CCCC3)c2)no1)N1CCOCC1. The summed E-state index contributed by atoms with van der Waals surface area (Å²) >= 11 is 1.12. The van der Waals surface area contributed by atoms with Crippen molar-refractivity contribution in [2.24, 2.45) is 0 Å². The van der Waals surface area contributed by atoms with Gasteiger partial charge in [0.1, 0.15) is 4.21 Å². The van der Waals surface area contributed by atoms with E-state index in [2.05, 4.69) is 10.1 Å². The van der Waals surface area contributed by atoms with Crippen molar-refractivity contribution in [3.05, 3.63) is 17.3 Å². The first-order chi connectivity index (χ1) is 12.6. The van der Waals surface area contributed by atoms with E-state index in [1.807, 2.05) is 0 Å². The molecule has 0 spiro atoms. The fraction of sp³-hybridized carbons (Fsp3) is 0.533. The van der Waals surface area contributed by atoms with Crippen LogP contribution in [0.5, 0.6) is 0 Å². The monoisotopic (exact) mass is 398 g/mol. The van der Waals surface area contributed by atoms with Crippen LogP contribution >= 0.6 is 11.3 Å². The highest BCUT2D eigenvalue weighted by atomic mass is 32.2. The second kappa shape index (κ2) is 7.06. The van der Waals surface area contributed by atoms with Crippen LogP contribution < -0.4 is 0 Å². The minimum absolute atomic E-state index is 0.1000. The molecular formula is C15H18N4O5S2. The van der Waals surface area contributed by atoms with Gasteiger partial charge < -0.3 is 14.2 Å². The van der Waals surface area contributed by atoms with E-state index >= 15 is 0 Å². The van der Waals surface area contributed by atoms with Gasteiger partial charge in [-0.25, -0.2) is 8.42 Å². The van der Waals surface area contributed by atoms with Crippen molar-refractivity contribution in [1.82, 2.24) is 19.3 Å². The van der Waals surface area contributed by atoms with Gasteiger partial charge in [0.2, 0.25) is 5.82 Å². The lowest BCUT2D eigenvalue weighted by atomic mass is 10.3. The first-order valence-corrected chi connectivity index (χ1v) is 10.7. The zero-order valence-corrected chi connectivity index (χ0v) is 15.6. The lowest BCUT2D eigenvalue weighted by molar-refractivity contribution is 0.0272. The molecule has 2 aromatic heterocycles. The highest BCUT2D eigenvalue weighted by Crippen LogP contribution is 2.30. The van der Waals surface area contributed by atoms with E-state index < -0.39 is 10.0 Å².